The van der Waals surface area contributed by atoms with Crippen LogP contribution in [0.15, 0.2) is 45.7 Å². The third-order valence-corrected chi connectivity index (χ3v) is 21.3. The van der Waals surface area contributed by atoms with Gasteiger partial charge in [-0.2, -0.15) is 9.81 Å². The molecule has 0 aliphatic carbocycles. The van der Waals surface area contributed by atoms with Crippen molar-refractivity contribution in [2.45, 2.75) is 164 Å². The van der Waals surface area contributed by atoms with Gasteiger partial charge in [-0.25, -0.2) is 0 Å². The predicted molar refractivity (Wildman–Crippen MR) is 388 cm³/mol. The van der Waals surface area contributed by atoms with E-state index in [0.29, 0.717) is 38.3 Å². The Morgan fingerprint density at radius 1 is 0.600 bits per heavy atom. The van der Waals surface area contributed by atoms with Gasteiger partial charge in [0, 0.05) is 106 Å². The number of carboxylic acid groups (broad SMARTS) is 3. The van der Waals surface area contributed by atoms with E-state index in [1.54, 1.807) is 30.3 Å². The number of aliphatic carboxylic acids is 3. The van der Waals surface area contributed by atoms with Crippen LogP contribution in [0.4, 0.5) is 0 Å². The largest absolute Gasteiger partial charge is 0.481 e. The Morgan fingerprint density at radius 3 is 1.70 bits per heavy atom. The first kappa shape index (κ1) is 88.4. The van der Waals surface area contributed by atoms with Crippen LogP contribution in [0.3, 0.4) is 0 Å². The summed E-state index contributed by atoms with van der Waals surface area (Å²) in [7, 11) is 3.76. The molecule has 12 amide bonds. The molecule has 0 radical (unpaired) electrons. The van der Waals surface area contributed by atoms with Gasteiger partial charge in [-0.15, -0.1) is 0 Å². The molecule has 105 heavy (non-hydrogen) atoms. The first-order chi connectivity index (χ1) is 49.6. The number of nitrogens with two attached hydrogens (primary N) is 2. The van der Waals surface area contributed by atoms with Crippen LogP contribution >= 0.6 is 43.2 Å². The van der Waals surface area contributed by atoms with Crippen LogP contribution in [0.2, 0.25) is 0 Å². The van der Waals surface area contributed by atoms with Gasteiger partial charge in [0.2, 0.25) is 70.9 Å². The maximum Gasteiger partial charge on any atom is 0.322 e. The third-order valence-electron chi connectivity index (χ3n) is 16.5. The van der Waals surface area contributed by atoms with Gasteiger partial charge in [0.05, 0.1) is 19.4 Å². The molecule has 3 heterocycles. The Morgan fingerprint density at radius 2 is 1.14 bits per heavy atom. The van der Waals surface area contributed by atoms with Crippen LogP contribution in [-0.2, 0) is 78.3 Å². The summed E-state index contributed by atoms with van der Waals surface area (Å²) in [5.74, 6) is -17.1. The minimum Gasteiger partial charge on any atom is -0.481 e. The number of nitrogens with zero attached hydrogens (tertiary/aromatic N) is 4. The van der Waals surface area contributed by atoms with Crippen LogP contribution in [-0.4, -0.2) is 274 Å². The van der Waals surface area contributed by atoms with Crippen molar-refractivity contribution in [2.24, 2.45) is 26.8 Å². The molecular weight excluding hydrogens is 1460 g/mol. The Balaban J connectivity index is 1.38. The number of hydrogen-bond acceptors (Lipinski definition) is 27. The van der Waals surface area contributed by atoms with E-state index in [2.05, 4.69) is 94.7 Å². The molecule has 3 aliphatic rings. The van der Waals surface area contributed by atoms with Gasteiger partial charge >= 0.3 is 17.9 Å². The second-order valence-corrected chi connectivity index (χ2v) is 30.7. The number of amides is 12. The number of carbonyl (C=O) groups excluding carboxylic acids is 12. The van der Waals surface area contributed by atoms with Crippen molar-refractivity contribution in [2.75, 3.05) is 81.9 Å². The molecule has 0 saturated carbocycles. The molecular formula is C61H94N20O20S4. The summed E-state index contributed by atoms with van der Waals surface area (Å²) in [6, 6.07) is -7.00. The first-order valence-corrected chi connectivity index (χ1v) is 38.2. The second-order valence-electron chi connectivity index (χ2n) is 25.6. The van der Waals surface area contributed by atoms with Crippen molar-refractivity contribution >= 4 is 138 Å². The molecule has 40 nitrogen and oxygen atoms in total. The maximum atomic E-state index is 14.2. The highest BCUT2D eigenvalue weighted by molar-refractivity contribution is 8.77. The highest BCUT2D eigenvalue weighted by atomic mass is 33.1. The molecule has 3 aliphatic heterocycles. The molecule has 1 aromatic carbocycles. The Labute approximate surface area is 619 Å². The fourth-order valence-electron chi connectivity index (χ4n) is 10.4. The van der Waals surface area contributed by atoms with Crippen molar-refractivity contribution in [1.82, 2.24) is 79.3 Å². The van der Waals surface area contributed by atoms with E-state index in [4.69, 9.17) is 16.6 Å². The molecule has 2 unspecified atom stereocenters. The lowest BCUT2D eigenvalue weighted by atomic mass is 9.83. The summed E-state index contributed by atoms with van der Waals surface area (Å²) < 4.78 is 0. The predicted octanol–water partition coefficient (Wildman–Crippen LogP) is -5.67. The molecule has 1 aromatic rings. The van der Waals surface area contributed by atoms with Gasteiger partial charge in [0.15, 0.2) is 5.96 Å². The zero-order chi connectivity index (χ0) is 78.0. The molecule has 0 spiro atoms. The van der Waals surface area contributed by atoms with Crippen LogP contribution < -0.4 is 85.9 Å². The number of aliphatic imine (C=N–C) groups is 1. The number of benzene rings is 1. The average molecular weight is 1560 g/mol. The van der Waals surface area contributed by atoms with Gasteiger partial charge in [0.1, 0.15) is 73.0 Å². The fraction of sp³-hybridized carbons (Fsp3) is 0.639. The summed E-state index contributed by atoms with van der Waals surface area (Å²) in [6.07, 6.45) is -2.91. The van der Waals surface area contributed by atoms with E-state index < -0.39 is 192 Å². The monoisotopic (exact) mass is 1550 g/mol. The van der Waals surface area contributed by atoms with Gasteiger partial charge in [0.25, 0.3) is 0 Å². The minimum atomic E-state index is -1.91. The molecule has 3 saturated heterocycles. The summed E-state index contributed by atoms with van der Waals surface area (Å²) in [5.41, 5.74) is 10.0. The number of nitrogens with one attached hydrogen (secondary N) is 14. The van der Waals surface area contributed by atoms with E-state index in [0.717, 1.165) is 43.2 Å². The normalized spacial score (nSPS) is 22.9. The number of guanidine groups is 1. The molecule has 0 bridgehead atoms. The molecule has 3 fully saturated rings. The zero-order valence-corrected chi connectivity index (χ0v) is 61.7. The van der Waals surface area contributed by atoms with Crippen molar-refractivity contribution in [3.8, 4) is 0 Å². The molecule has 21 N–H and O–H groups in total. The quantitative estimate of drug-likeness (QED) is 0.0105. The number of nitroso groups, excluding NO2 is 2. The average Bonchev–Trinajstić information content (AvgIpc) is 1.16. The topological polar surface area (TPSA) is 612 Å². The van der Waals surface area contributed by atoms with Crippen LogP contribution in [0.5, 0.6) is 0 Å². The fourth-order valence-corrected chi connectivity index (χ4v) is 15.0. The lowest BCUT2D eigenvalue weighted by Crippen LogP contribution is -2.60. The number of hydrogen-bond donors (Lipinski definition) is 19. The first-order valence-electron chi connectivity index (χ1n) is 33.3. The Hall–Kier alpha value is -8.98. The third kappa shape index (κ3) is 32.5. The van der Waals surface area contributed by atoms with Gasteiger partial charge in [-0.1, -0.05) is 83.9 Å². The number of carboxylic acids is 3. The summed E-state index contributed by atoms with van der Waals surface area (Å²) in [5, 5.41) is 71.0. The Bertz CT molecular complexity index is 3260. The highest BCUT2D eigenvalue weighted by Crippen LogP contribution is 2.27. The van der Waals surface area contributed by atoms with E-state index in [1.807, 2.05) is 27.7 Å². The zero-order valence-electron chi connectivity index (χ0n) is 58.4. The van der Waals surface area contributed by atoms with Gasteiger partial charge < -0.3 is 101 Å². The van der Waals surface area contributed by atoms with Gasteiger partial charge in [-0.3, -0.25) is 81.8 Å². The second kappa shape index (κ2) is 44.7. The van der Waals surface area contributed by atoms with Crippen LogP contribution in [0.1, 0.15) is 85.1 Å². The molecule has 582 valence electrons. The number of carbonyl (C=O) groups is 15. The van der Waals surface area contributed by atoms with E-state index in [1.165, 1.54) is 6.92 Å². The van der Waals surface area contributed by atoms with Crippen molar-refractivity contribution < 1.29 is 87.2 Å². The maximum absolute atomic E-state index is 14.2. The van der Waals surface area contributed by atoms with Crippen molar-refractivity contribution in [1.29, 1.82) is 0 Å². The summed E-state index contributed by atoms with van der Waals surface area (Å²) in [6.45, 7) is 9.34. The molecule has 0 aromatic heterocycles. The highest BCUT2D eigenvalue weighted by Gasteiger charge is 2.41. The lowest BCUT2D eigenvalue weighted by molar-refractivity contribution is -0.141. The smallest absolute Gasteiger partial charge is 0.322 e. The van der Waals surface area contributed by atoms with E-state index >= 15 is 0 Å². The minimum absolute atomic E-state index is 0.00282. The van der Waals surface area contributed by atoms with Crippen molar-refractivity contribution in [3.05, 3.63) is 45.7 Å². The standard InChI is InChI=1S/C61H94N20O20S4/c1-32(70-45(83)14-13-44(82)64-16-19-81-20-17-68-60(2,3)42(79-100)25-43(80-101)61(4,5)69-18-21-81)50(91)75-39-29-103-105-30-40(78-55(96)37(24-48(87)88)74-57(39)98)56(97)72-34(12-9-15-65-59(62)63)51(92)66-26-46(84)71-36(23-47(85)86)54(95)77-41-31-104-102-28-38(52(93)67-27-49(89)90)76-53(94)35(73-58(41)99)22-33-10-7-6-8-11-33/h6-8,10-11,32,34-43,68-69H,9,12-31H2,1-5H3,(H,64,82)(H,66,92)(H,67,93)(H,70,83)(H,71,84)(H,72,97)(H,73,99)(H,74,98)(H,75,91)(H,76,94)(H,77,95)(H,78,96)(H,85,86)(H,87,88)(H,89,90)(H4,62,63,65)/t32-,34-,35-,36-,37-,38-,39-,40-,41-,42?,43?/m0/s1. The number of rotatable bonds is 32. The molecule has 44 heteroatoms. The molecule has 4 rings (SSSR count). The van der Waals surface area contributed by atoms with Crippen molar-refractivity contribution in [3.63, 3.8) is 0 Å². The lowest BCUT2D eigenvalue weighted by Gasteiger charge is -2.38. The SMILES string of the molecule is C[C@H](NC(=O)CCC(=O)NCCN1CCNC(C)(C)C(N=O)CC(N=O)C(C)(C)NCC1)C(=O)N[C@H]1CSSC[C@@H](C(=O)N[C@@H](CCCN=C(N)N)C(=O)NCC(=O)N[C@@H](CC(=O)O)C(=O)N[C@H]2CSSC[C@@H](C(=O)NCC(=O)O)NC(=O)[C@H](Cc3ccccc3)NC2=O)NC(=O)[C@H](CC(=O)O)NC1=O. The summed E-state index contributed by atoms with van der Waals surface area (Å²) >= 11 is 0. The van der Waals surface area contributed by atoms with Gasteiger partial charge in [-0.05, 0) is 53.0 Å². The van der Waals surface area contributed by atoms with E-state index in [9.17, 15) is 91.9 Å². The van der Waals surface area contributed by atoms with E-state index in [-0.39, 0.29) is 80.6 Å². The Kier molecular flexibility index (Phi) is 37.7. The molecule has 11 atom stereocenters. The van der Waals surface area contributed by atoms with Crippen LogP contribution in [0.25, 0.3) is 0 Å². The summed E-state index contributed by atoms with van der Waals surface area (Å²) in [4.78, 5) is 228. The van der Waals surface area contributed by atoms with Crippen LogP contribution in [0, 0.1) is 9.81 Å².